The Morgan fingerprint density at radius 1 is 1.32 bits per heavy atom. The van der Waals surface area contributed by atoms with E-state index in [0.29, 0.717) is 31.7 Å². The summed E-state index contributed by atoms with van der Waals surface area (Å²) < 4.78 is 21.7. The molecule has 6 nitrogen and oxygen atoms in total. The van der Waals surface area contributed by atoms with Crippen molar-refractivity contribution in [3.05, 3.63) is 53.6 Å². The van der Waals surface area contributed by atoms with Gasteiger partial charge in [0, 0.05) is 45.5 Å². The van der Waals surface area contributed by atoms with Gasteiger partial charge in [-0.3, -0.25) is 14.4 Å². The number of carbonyl (C=O) groups excluding carboxylic acids is 1. The van der Waals surface area contributed by atoms with Gasteiger partial charge >= 0.3 is 0 Å². The third-order valence-corrected chi connectivity index (χ3v) is 4.32. The highest BCUT2D eigenvalue weighted by Crippen LogP contribution is 2.18. The first-order valence-electron chi connectivity index (χ1n) is 8.31. The van der Waals surface area contributed by atoms with E-state index < -0.39 is 0 Å². The van der Waals surface area contributed by atoms with Crippen molar-refractivity contribution >= 4 is 5.91 Å². The van der Waals surface area contributed by atoms with Gasteiger partial charge in [-0.2, -0.15) is 5.10 Å². The van der Waals surface area contributed by atoms with E-state index in [1.54, 1.807) is 32.4 Å². The van der Waals surface area contributed by atoms with Gasteiger partial charge < -0.3 is 9.64 Å². The van der Waals surface area contributed by atoms with Crippen LogP contribution in [-0.4, -0.2) is 58.8 Å². The number of aromatic nitrogens is 2. The van der Waals surface area contributed by atoms with E-state index >= 15 is 0 Å². The first-order chi connectivity index (χ1) is 12.0. The van der Waals surface area contributed by atoms with Gasteiger partial charge in [0.1, 0.15) is 12.4 Å². The zero-order chi connectivity index (χ0) is 17.8. The van der Waals surface area contributed by atoms with Gasteiger partial charge in [-0.1, -0.05) is 18.2 Å². The predicted molar refractivity (Wildman–Crippen MR) is 91.2 cm³/mol. The van der Waals surface area contributed by atoms with Gasteiger partial charge in [0.15, 0.2) is 0 Å². The van der Waals surface area contributed by atoms with Crippen LogP contribution in [0.25, 0.3) is 0 Å². The van der Waals surface area contributed by atoms with Crippen molar-refractivity contribution in [2.75, 3.05) is 27.2 Å². The predicted octanol–water partition coefficient (Wildman–Crippen LogP) is 1.51. The molecule has 0 radical (unpaired) electrons. The molecule has 0 aliphatic carbocycles. The van der Waals surface area contributed by atoms with Gasteiger partial charge in [-0.25, -0.2) is 4.39 Å². The summed E-state index contributed by atoms with van der Waals surface area (Å²) in [5.41, 5.74) is 1.71. The number of ether oxygens (including phenoxy) is 1. The maximum Gasteiger partial charge on any atom is 0.248 e. The maximum absolute atomic E-state index is 14.0. The number of hydrogen-bond acceptors (Lipinski definition) is 4. The van der Waals surface area contributed by atoms with Crippen LogP contribution in [0.3, 0.4) is 0 Å². The third-order valence-electron chi connectivity index (χ3n) is 4.32. The average molecular weight is 346 g/mol. The molecule has 1 aromatic carbocycles. The van der Waals surface area contributed by atoms with Gasteiger partial charge in [0.05, 0.1) is 18.3 Å². The van der Waals surface area contributed by atoms with E-state index in [1.807, 2.05) is 16.8 Å². The van der Waals surface area contributed by atoms with E-state index in [4.69, 9.17) is 4.74 Å². The largest absolute Gasteiger partial charge is 0.365 e. The molecule has 1 aliphatic rings. The van der Waals surface area contributed by atoms with Crippen molar-refractivity contribution in [2.45, 2.75) is 25.7 Å². The number of fused-ring (bicyclic) bond motifs is 1. The molecule has 2 heterocycles. The van der Waals surface area contributed by atoms with Crippen LogP contribution in [0.15, 0.2) is 36.5 Å². The number of amides is 1. The Bertz CT molecular complexity index is 731. The minimum atomic E-state index is -0.208. The van der Waals surface area contributed by atoms with Crippen LogP contribution >= 0.6 is 0 Å². The van der Waals surface area contributed by atoms with Crippen LogP contribution in [0, 0.1) is 5.82 Å². The summed E-state index contributed by atoms with van der Waals surface area (Å²) >= 11 is 0. The molecule has 0 bridgehead atoms. The van der Waals surface area contributed by atoms with E-state index in [9.17, 15) is 9.18 Å². The minimum Gasteiger partial charge on any atom is -0.365 e. The lowest BCUT2D eigenvalue weighted by atomic mass is 10.2. The van der Waals surface area contributed by atoms with Crippen molar-refractivity contribution in [3.63, 3.8) is 0 Å². The molecule has 7 heteroatoms. The number of nitrogens with zero attached hydrogens (tertiary/aromatic N) is 4. The molecule has 0 N–H and O–H groups in total. The number of rotatable bonds is 5. The van der Waals surface area contributed by atoms with Crippen LogP contribution in [-0.2, 0) is 29.2 Å². The van der Waals surface area contributed by atoms with E-state index in [2.05, 4.69) is 10.00 Å². The molecule has 1 aromatic heterocycles. The maximum atomic E-state index is 14.0. The smallest absolute Gasteiger partial charge is 0.248 e. The van der Waals surface area contributed by atoms with E-state index in [-0.39, 0.29) is 24.4 Å². The molecule has 1 amide bonds. The van der Waals surface area contributed by atoms with Gasteiger partial charge in [-0.05, 0) is 12.1 Å². The monoisotopic (exact) mass is 346 g/mol. The topological polar surface area (TPSA) is 50.6 Å². The van der Waals surface area contributed by atoms with E-state index in [0.717, 1.165) is 5.69 Å². The second-order valence-corrected chi connectivity index (χ2v) is 6.49. The third kappa shape index (κ3) is 4.43. The molecule has 25 heavy (non-hydrogen) atoms. The quantitative estimate of drug-likeness (QED) is 0.824. The summed E-state index contributed by atoms with van der Waals surface area (Å²) in [4.78, 5) is 15.4. The summed E-state index contributed by atoms with van der Waals surface area (Å²) in [7, 11) is 3.41. The Balaban J connectivity index is 1.72. The number of carbonyl (C=O) groups is 1. The lowest BCUT2D eigenvalue weighted by Gasteiger charge is -2.24. The molecule has 3 rings (SSSR count). The molecule has 1 atom stereocenters. The molecule has 1 aliphatic heterocycles. The minimum absolute atomic E-state index is 0.0296. The second-order valence-electron chi connectivity index (χ2n) is 6.49. The molecule has 0 fully saturated rings. The van der Waals surface area contributed by atoms with Crippen LogP contribution in [0.4, 0.5) is 4.39 Å². The number of likely N-dealkylation sites (N-methyl/N-ethyl adjacent to an activating group) is 1. The summed E-state index contributed by atoms with van der Waals surface area (Å²) in [6, 6.07) is 8.76. The fourth-order valence-corrected chi connectivity index (χ4v) is 2.90. The first kappa shape index (κ1) is 17.6. The molecule has 0 saturated carbocycles. The zero-order valence-corrected chi connectivity index (χ0v) is 14.6. The molecular formula is C18H23FN4O2. The molecule has 2 aromatic rings. The highest BCUT2D eigenvalue weighted by Gasteiger charge is 2.24. The van der Waals surface area contributed by atoms with Crippen LogP contribution in [0.2, 0.25) is 0 Å². The Labute approximate surface area is 146 Å². The summed E-state index contributed by atoms with van der Waals surface area (Å²) in [5.74, 6) is -0.286. The Morgan fingerprint density at radius 2 is 2.12 bits per heavy atom. The highest BCUT2D eigenvalue weighted by molar-refractivity contribution is 5.76. The Morgan fingerprint density at radius 3 is 2.88 bits per heavy atom. The van der Waals surface area contributed by atoms with Crippen molar-refractivity contribution < 1.29 is 13.9 Å². The van der Waals surface area contributed by atoms with Crippen molar-refractivity contribution in [3.8, 4) is 0 Å². The van der Waals surface area contributed by atoms with Gasteiger partial charge in [0.25, 0.3) is 0 Å². The fourth-order valence-electron chi connectivity index (χ4n) is 2.90. The lowest BCUT2D eigenvalue weighted by molar-refractivity contribution is -0.136. The van der Waals surface area contributed by atoms with Crippen molar-refractivity contribution in [1.29, 1.82) is 0 Å². The summed E-state index contributed by atoms with van der Waals surface area (Å²) in [6.45, 7) is 2.37. The molecule has 0 unspecified atom stereocenters. The van der Waals surface area contributed by atoms with Crippen molar-refractivity contribution in [2.24, 2.45) is 0 Å². The first-order valence-corrected chi connectivity index (χ1v) is 8.31. The standard InChI is InChI=1S/C18H23FN4O2/c1-21(2)18(24)13-25-16-11-22(9-14-5-3-4-6-17(14)19)10-15-7-8-20-23(15)12-16/h3-8,16H,9-13H2,1-2H3/t16-/m0/s1. The van der Waals surface area contributed by atoms with Gasteiger partial charge in [-0.15, -0.1) is 0 Å². The van der Waals surface area contributed by atoms with Gasteiger partial charge in [0.2, 0.25) is 5.91 Å². The highest BCUT2D eigenvalue weighted by atomic mass is 19.1. The average Bonchev–Trinajstić information content (AvgIpc) is 2.94. The molecule has 134 valence electrons. The molecule has 0 spiro atoms. The van der Waals surface area contributed by atoms with E-state index in [1.165, 1.54) is 11.0 Å². The fraction of sp³-hybridized carbons (Fsp3) is 0.444. The lowest BCUT2D eigenvalue weighted by Crippen LogP contribution is -2.36. The normalized spacial score (nSPS) is 17.8. The zero-order valence-electron chi connectivity index (χ0n) is 14.6. The molecular weight excluding hydrogens is 323 g/mol. The Hall–Kier alpha value is -2.25. The SMILES string of the molecule is CN(C)C(=O)CO[C@H]1CN(Cc2ccccc2F)Cc2ccnn2C1. The molecule has 0 saturated heterocycles. The summed E-state index contributed by atoms with van der Waals surface area (Å²) in [6.07, 6.45) is 1.57. The van der Waals surface area contributed by atoms with Crippen LogP contribution in [0.5, 0.6) is 0 Å². The van der Waals surface area contributed by atoms with Crippen molar-refractivity contribution in [1.82, 2.24) is 19.6 Å². The number of hydrogen-bond donors (Lipinski definition) is 0. The summed E-state index contributed by atoms with van der Waals surface area (Å²) in [5, 5.41) is 4.33. The number of benzene rings is 1. The number of halogens is 1. The Kier molecular flexibility index (Phi) is 5.45. The second kappa shape index (κ2) is 7.76. The van der Waals surface area contributed by atoms with Crippen LogP contribution < -0.4 is 0 Å². The van der Waals surface area contributed by atoms with Crippen LogP contribution in [0.1, 0.15) is 11.3 Å².